The van der Waals surface area contributed by atoms with E-state index in [1.165, 1.54) is 83.6 Å². The summed E-state index contributed by atoms with van der Waals surface area (Å²) in [6.07, 6.45) is 12.1. The maximum absolute atomic E-state index is 3.77. The van der Waals surface area contributed by atoms with Crippen LogP contribution in [0.5, 0.6) is 0 Å². The third-order valence-corrected chi connectivity index (χ3v) is 10.2. The first-order valence-electron chi connectivity index (χ1n) is 21.3. The quantitative estimate of drug-likeness (QED) is 0.141. The molecule has 0 aromatic heterocycles. The van der Waals surface area contributed by atoms with Gasteiger partial charge in [0.05, 0.1) is 5.70 Å². The molecule has 0 amide bonds. The predicted molar refractivity (Wildman–Crippen MR) is 258 cm³/mol. The molecule has 0 saturated heterocycles. The highest BCUT2D eigenvalue weighted by Crippen LogP contribution is 2.38. The van der Waals surface area contributed by atoms with Gasteiger partial charge in [-0.3, -0.25) is 0 Å². The minimum atomic E-state index is 0.136. The average Bonchev–Trinajstić information content (AvgIpc) is 3.31. The topological polar surface area (TPSA) is 36.1 Å². The molecule has 0 fully saturated rings. The number of hydrogen-bond acceptors (Lipinski definition) is 3. The van der Waals surface area contributed by atoms with Gasteiger partial charge < -0.3 is 16.0 Å². The second-order valence-electron chi connectivity index (χ2n) is 14.7. The van der Waals surface area contributed by atoms with Crippen molar-refractivity contribution >= 4 is 32.7 Å². The summed E-state index contributed by atoms with van der Waals surface area (Å²) in [6.45, 7) is 14.2. The molecule has 0 aliphatic carbocycles. The molecule has 0 radical (unpaired) electrons. The van der Waals surface area contributed by atoms with Gasteiger partial charge in [0.25, 0.3) is 0 Å². The molecule has 7 aromatic rings. The Morgan fingerprint density at radius 2 is 1.15 bits per heavy atom. The van der Waals surface area contributed by atoms with Gasteiger partial charge >= 0.3 is 0 Å². The van der Waals surface area contributed by atoms with Gasteiger partial charge in [0.15, 0.2) is 0 Å². The second kappa shape index (κ2) is 21.3. The molecule has 3 nitrogen and oxygen atoms in total. The molecular weight excluding hydrogens is 715 g/mol. The Morgan fingerprint density at radius 3 is 1.81 bits per heavy atom. The third-order valence-electron chi connectivity index (χ3n) is 10.2. The van der Waals surface area contributed by atoms with Crippen LogP contribution in [0.15, 0.2) is 194 Å². The van der Waals surface area contributed by atoms with Gasteiger partial charge in [0.2, 0.25) is 0 Å². The van der Waals surface area contributed by atoms with E-state index in [4.69, 9.17) is 0 Å². The molecule has 0 spiro atoms. The fourth-order valence-electron chi connectivity index (χ4n) is 7.40. The first kappa shape index (κ1) is 42.0. The lowest BCUT2D eigenvalue weighted by molar-refractivity contribution is 0.660. The SMILES string of the molecule is CC.CC(NC1=CNCC=C1c1ccccc1)c1ccc(-c2cc(C3=CNCC=C3)cc(-c3cc4ccccc4c4ccccc34)c2)cc1.CCC.Cc1ccccc1. The van der Waals surface area contributed by atoms with E-state index >= 15 is 0 Å². The van der Waals surface area contributed by atoms with E-state index in [1.54, 1.807) is 0 Å². The van der Waals surface area contributed by atoms with Crippen molar-refractivity contribution in [3.8, 4) is 22.3 Å². The van der Waals surface area contributed by atoms with Crippen LogP contribution >= 0.6 is 0 Å². The number of rotatable bonds is 7. The maximum Gasteiger partial charge on any atom is 0.0581 e. The number of dihydropyridines is 2. The predicted octanol–water partition coefficient (Wildman–Crippen LogP) is 14.4. The van der Waals surface area contributed by atoms with E-state index in [1.807, 2.05) is 32.0 Å². The Hall–Kier alpha value is -6.58. The van der Waals surface area contributed by atoms with Crippen LogP contribution in [0.3, 0.4) is 0 Å². The maximum atomic E-state index is 3.77. The average molecular weight is 774 g/mol. The molecular formula is C56H59N3. The minimum Gasteiger partial charge on any atom is -0.387 e. The first-order chi connectivity index (χ1) is 29.0. The van der Waals surface area contributed by atoms with Crippen LogP contribution in [-0.4, -0.2) is 13.1 Å². The zero-order valence-electron chi connectivity index (χ0n) is 35.6. The van der Waals surface area contributed by atoms with Gasteiger partial charge in [0, 0.05) is 37.1 Å². The molecule has 2 aliphatic heterocycles. The van der Waals surface area contributed by atoms with Gasteiger partial charge in [-0.2, -0.15) is 0 Å². The van der Waals surface area contributed by atoms with Crippen LogP contribution < -0.4 is 16.0 Å². The van der Waals surface area contributed by atoms with Crippen LogP contribution in [0.2, 0.25) is 0 Å². The lowest BCUT2D eigenvalue weighted by Crippen LogP contribution is -2.24. The van der Waals surface area contributed by atoms with Crippen LogP contribution in [0.1, 0.15) is 69.3 Å². The van der Waals surface area contributed by atoms with Crippen LogP contribution in [-0.2, 0) is 0 Å². The van der Waals surface area contributed by atoms with E-state index < -0.39 is 0 Å². The van der Waals surface area contributed by atoms with E-state index in [9.17, 15) is 0 Å². The molecule has 2 aliphatic rings. The van der Waals surface area contributed by atoms with Crippen molar-refractivity contribution in [1.82, 2.24) is 16.0 Å². The fourth-order valence-corrected chi connectivity index (χ4v) is 7.40. The number of hydrogen-bond donors (Lipinski definition) is 3. The molecule has 0 saturated carbocycles. The summed E-state index contributed by atoms with van der Waals surface area (Å²) in [4.78, 5) is 0. The Labute approximate surface area is 352 Å². The molecule has 3 heteroatoms. The summed E-state index contributed by atoms with van der Waals surface area (Å²) in [5.74, 6) is 0. The van der Waals surface area contributed by atoms with Crippen molar-refractivity contribution < 1.29 is 0 Å². The molecule has 2 heterocycles. The zero-order valence-corrected chi connectivity index (χ0v) is 35.6. The van der Waals surface area contributed by atoms with Crippen LogP contribution in [0, 0.1) is 6.92 Å². The lowest BCUT2D eigenvalue weighted by Gasteiger charge is -2.24. The summed E-state index contributed by atoms with van der Waals surface area (Å²) in [5, 5.41) is 15.6. The van der Waals surface area contributed by atoms with E-state index in [0.29, 0.717) is 0 Å². The second-order valence-corrected chi connectivity index (χ2v) is 14.7. The largest absolute Gasteiger partial charge is 0.387 e. The monoisotopic (exact) mass is 773 g/mol. The first-order valence-corrected chi connectivity index (χ1v) is 21.3. The van der Waals surface area contributed by atoms with E-state index in [-0.39, 0.29) is 6.04 Å². The standard InChI is InChI=1S/C44H37N3.C7H8.C3H8.C2H6/c1-30(47-44-29-46-23-21-40(44)33-10-3-2-4-11-33)31-17-19-32(20-18-31)36-24-37(35-13-9-22-45-28-35)26-38(25-36)43-27-34-12-5-6-14-39(34)41-15-7-8-16-42(41)43;1-7-5-3-2-4-6-7;1-3-2;1-2/h2-21,24-30,45-47H,22-23H2,1H3;2-6H,1H3;3H2,1-2H3;1-2H3. The van der Waals surface area contributed by atoms with Crippen molar-refractivity contribution in [2.45, 2.75) is 54.0 Å². The van der Waals surface area contributed by atoms with Gasteiger partial charge in [-0.1, -0.05) is 191 Å². The van der Waals surface area contributed by atoms with Crippen molar-refractivity contribution in [1.29, 1.82) is 0 Å². The minimum absolute atomic E-state index is 0.136. The van der Waals surface area contributed by atoms with Crippen molar-refractivity contribution in [3.05, 3.63) is 216 Å². The summed E-state index contributed by atoms with van der Waals surface area (Å²) in [7, 11) is 0. The zero-order chi connectivity index (χ0) is 41.4. The smallest absolute Gasteiger partial charge is 0.0581 e. The van der Waals surface area contributed by atoms with Crippen molar-refractivity contribution in [2.75, 3.05) is 13.1 Å². The molecule has 0 bridgehead atoms. The molecule has 59 heavy (non-hydrogen) atoms. The number of aryl methyl sites for hydroxylation is 1. The summed E-state index contributed by atoms with van der Waals surface area (Å²) >= 11 is 0. The van der Waals surface area contributed by atoms with E-state index in [0.717, 1.165) is 18.8 Å². The molecule has 1 unspecified atom stereocenters. The number of benzene rings is 7. The Morgan fingerprint density at radius 1 is 0.559 bits per heavy atom. The summed E-state index contributed by atoms with van der Waals surface area (Å²) in [6, 6.07) is 56.9. The summed E-state index contributed by atoms with van der Waals surface area (Å²) < 4.78 is 0. The van der Waals surface area contributed by atoms with Gasteiger partial charge in [-0.15, -0.1) is 0 Å². The van der Waals surface area contributed by atoms with Gasteiger partial charge in [-0.05, 0) is 104 Å². The third kappa shape index (κ3) is 10.7. The van der Waals surface area contributed by atoms with Gasteiger partial charge in [-0.25, -0.2) is 0 Å². The number of fused-ring (bicyclic) bond motifs is 3. The summed E-state index contributed by atoms with van der Waals surface area (Å²) in [5.41, 5.74) is 13.4. The normalized spacial score (nSPS) is 13.3. The van der Waals surface area contributed by atoms with Gasteiger partial charge in [0.1, 0.15) is 0 Å². The molecule has 1 atom stereocenters. The number of nitrogens with one attached hydrogen (secondary N) is 3. The lowest BCUT2D eigenvalue weighted by atomic mass is 9.89. The fraction of sp³-hybridized carbons (Fsp3) is 0.179. The molecule has 3 N–H and O–H groups in total. The molecule has 298 valence electrons. The van der Waals surface area contributed by atoms with Crippen molar-refractivity contribution in [2.24, 2.45) is 0 Å². The highest BCUT2D eigenvalue weighted by Gasteiger charge is 2.16. The highest BCUT2D eigenvalue weighted by atomic mass is 15.0. The molecule has 7 aromatic carbocycles. The Kier molecular flexibility index (Phi) is 15.1. The Bertz CT molecular complexity index is 2540. The number of allylic oxidation sites excluding steroid dienone is 3. The van der Waals surface area contributed by atoms with Crippen molar-refractivity contribution in [3.63, 3.8) is 0 Å². The van der Waals surface area contributed by atoms with Crippen LogP contribution in [0.4, 0.5) is 0 Å². The van der Waals surface area contributed by atoms with E-state index in [2.05, 4.69) is 214 Å². The van der Waals surface area contributed by atoms with Crippen LogP contribution in [0.25, 0.3) is 54.9 Å². The Balaban J connectivity index is 0.000000429. The highest BCUT2D eigenvalue weighted by molar-refractivity contribution is 6.14. The molecule has 9 rings (SSSR count).